The Balaban J connectivity index is 3.17. The van der Waals surface area contributed by atoms with Gasteiger partial charge >= 0.3 is 0 Å². The molecule has 0 unspecified atom stereocenters. The van der Waals surface area contributed by atoms with E-state index in [0.29, 0.717) is 5.69 Å². The number of nitrogens with two attached hydrogens (primary N) is 1. The predicted molar refractivity (Wildman–Crippen MR) is 58.0 cm³/mol. The molecule has 0 saturated carbocycles. The van der Waals surface area contributed by atoms with E-state index in [1.165, 1.54) is 0 Å². The highest BCUT2D eigenvalue weighted by Crippen LogP contribution is 2.28. The van der Waals surface area contributed by atoms with Crippen LogP contribution in [0, 0.1) is 13.8 Å². The van der Waals surface area contributed by atoms with Gasteiger partial charge in [-0.3, -0.25) is 0 Å². The maximum atomic E-state index is 9.49. The van der Waals surface area contributed by atoms with E-state index in [9.17, 15) is 5.11 Å². The van der Waals surface area contributed by atoms with Gasteiger partial charge in [-0.25, -0.2) is 0 Å². The molecule has 0 saturated heterocycles. The summed E-state index contributed by atoms with van der Waals surface area (Å²) < 4.78 is 0. The number of hydrogen-bond acceptors (Lipinski definition) is 2. The van der Waals surface area contributed by atoms with Gasteiger partial charge in [-0.1, -0.05) is 6.07 Å². The molecule has 0 aliphatic rings. The number of benzene rings is 1. The minimum absolute atomic E-state index is 0.156. The number of aryl methyl sites for hydroxylation is 1. The van der Waals surface area contributed by atoms with Crippen molar-refractivity contribution in [2.45, 2.75) is 13.8 Å². The largest absolute Gasteiger partial charge is 0.506 e. The minimum Gasteiger partial charge on any atom is -0.506 e. The lowest BCUT2D eigenvalue weighted by molar-refractivity contribution is 0.477. The molecule has 0 heterocycles. The van der Waals surface area contributed by atoms with Crippen molar-refractivity contribution in [3.8, 4) is 5.75 Å². The predicted octanol–water partition coefficient (Wildman–Crippen LogP) is 1.66. The molecule has 0 aliphatic carbocycles. The molecule has 0 amide bonds. The van der Waals surface area contributed by atoms with E-state index >= 15 is 0 Å². The van der Waals surface area contributed by atoms with Crippen LogP contribution in [0.3, 0.4) is 0 Å². The van der Waals surface area contributed by atoms with Crippen LogP contribution in [0.5, 0.6) is 5.75 Å². The average Bonchev–Trinajstić information content (AvgIpc) is 2.05. The Hall–Kier alpha value is -1.29. The number of anilines is 1. The number of phenols is 1. The molecule has 3 nitrogen and oxygen atoms in total. The Morgan fingerprint density at radius 3 is 2.62 bits per heavy atom. The molecule has 0 atom stereocenters. The molecule has 1 aromatic rings. The third-order valence-electron chi connectivity index (χ3n) is 1.96. The van der Waals surface area contributed by atoms with E-state index in [1.807, 2.05) is 19.9 Å². The summed E-state index contributed by atoms with van der Waals surface area (Å²) >= 11 is 4.70. The zero-order valence-electron chi connectivity index (χ0n) is 7.59. The van der Waals surface area contributed by atoms with E-state index in [2.05, 4.69) is 5.32 Å². The van der Waals surface area contributed by atoms with Crippen molar-refractivity contribution >= 4 is 23.0 Å². The normalized spacial score (nSPS) is 9.69. The van der Waals surface area contributed by atoms with E-state index in [-0.39, 0.29) is 10.9 Å². The highest BCUT2D eigenvalue weighted by molar-refractivity contribution is 7.80. The third-order valence-corrected chi connectivity index (χ3v) is 2.06. The molecule has 1 rings (SSSR count). The molecule has 1 aromatic carbocycles. The summed E-state index contributed by atoms with van der Waals surface area (Å²) in [4.78, 5) is 0. The van der Waals surface area contributed by atoms with Crippen molar-refractivity contribution in [3.63, 3.8) is 0 Å². The Labute approximate surface area is 82.6 Å². The number of phenolic OH excluding ortho intramolecular Hbond substituents is 1. The zero-order chi connectivity index (χ0) is 10.0. The lowest BCUT2D eigenvalue weighted by atomic mass is 10.1. The summed E-state index contributed by atoms with van der Waals surface area (Å²) in [6.07, 6.45) is 0. The van der Waals surface area contributed by atoms with Gasteiger partial charge in [0, 0.05) is 0 Å². The lowest BCUT2D eigenvalue weighted by Gasteiger charge is -2.11. The van der Waals surface area contributed by atoms with Crippen molar-refractivity contribution < 1.29 is 5.11 Å². The van der Waals surface area contributed by atoms with E-state index < -0.39 is 0 Å². The molecular formula is C9H12N2OS. The third kappa shape index (κ3) is 2.09. The number of aromatic hydroxyl groups is 1. The van der Waals surface area contributed by atoms with Crippen LogP contribution in [-0.2, 0) is 0 Å². The second-order valence-electron chi connectivity index (χ2n) is 2.89. The van der Waals surface area contributed by atoms with Gasteiger partial charge in [-0.15, -0.1) is 0 Å². The van der Waals surface area contributed by atoms with Gasteiger partial charge in [-0.2, -0.15) is 0 Å². The minimum atomic E-state index is 0.156. The van der Waals surface area contributed by atoms with Crippen LogP contribution in [0.25, 0.3) is 0 Å². The highest BCUT2D eigenvalue weighted by Gasteiger charge is 2.06. The quantitative estimate of drug-likeness (QED) is 0.472. The molecule has 0 fully saturated rings. The van der Waals surface area contributed by atoms with Crippen LogP contribution in [-0.4, -0.2) is 10.2 Å². The van der Waals surface area contributed by atoms with Crippen LogP contribution in [0.15, 0.2) is 12.1 Å². The van der Waals surface area contributed by atoms with Crippen molar-refractivity contribution in [2.24, 2.45) is 5.73 Å². The smallest absolute Gasteiger partial charge is 0.168 e. The van der Waals surface area contributed by atoms with Crippen molar-refractivity contribution in [1.82, 2.24) is 0 Å². The Morgan fingerprint density at radius 1 is 1.46 bits per heavy atom. The average molecular weight is 196 g/mol. The number of thiocarbonyl (C=S) groups is 1. The molecule has 0 bridgehead atoms. The van der Waals surface area contributed by atoms with Crippen LogP contribution in [0.2, 0.25) is 0 Å². The highest BCUT2D eigenvalue weighted by atomic mass is 32.1. The molecule has 4 heteroatoms. The fourth-order valence-electron chi connectivity index (χ4n) is 1.08. The Bertz CT molecular complexity index is 350. The summed E-state index contributed by atoms with van der Waals surface area (Å²) in [5.41, 5.74) is 7.94. The van der Waals surface area contributed by atoms with Gasteiger partial charge in [0.25, 0.3) is 0 Å². The summed E-state index contributed by atoms with van der Waals surface area (Å²) in [7, 11) is 0. The fraction of sp³-hybridized carbons (Fsp3) is 0.222. The maximum Gasteiger partial charge on any atom is 0.168 e. The molecule has 0 radical (unpaired) electrons. The zero-order valence-corrected chi connectivity index (χ0v) is 8.40. The van der Waals surface area contributed by atoms with Crippen LogP contribution in [0.1, 0.15) is 11.1 Å². The standard InChI is InChI=1S/C9H12N2OS/c1-5-3-4-7(12)8(6(5)2)11-9(10)13/h3-4,12H,1-2H3,(H3,10,11,13). The molecule has 13 heavy (non-hydrogen) atoms. The first-order valence-electron chi connectivity index (χ1n) is 3.88. The first-order valence-corrected chi connectivity index (χ1v) is 4.29. The van der Waals surface area contributed by atoms with Gasteiger partial charge in [0.05, 0.1) is 5.69 Å². The maximum absolute atomic E-state index is 9.49. The van der Waals surface area contributed by atoms with E-state index in [0.717, 1.165) is 11.1 Å². The van der Waals surface area contributed by atoms with Gasteiger partial charge in [0.2, 0.25) is 0 Å². The fourth-order valence-corrected chi connectivity index (χ4v) is 1.18. The Kier molecular flexibility index (Phi) is 2.72. The van der Waals surface area contributed by atoms with Crippen LogP contribution < -0.4 is 11.1 Å². The topological polar surface area (TPSA) is 58.3 Å². The summed E-state index contributed by atoms with van der Waals surface area (Å²) in [6.45, 7) is 3.86. The SMILES string of the molecule is Cc1ccc(O)c(NC(N)=S)c1C. The first kappa shape index (κ1) is 9.80. The molecule has 0 aliphatic heterocycles. The molecule has 70 valence electrons. The molecule has 0 aromatic heterocycles. The number of hydrogen-bond donors (Lipinski definition) is 3. The Morgan fingerprint density at radius 2 is 2.08 bits per heavy atom. The van der Waals surface area contributed by atoms with Gasteiger partial charge in [0.15, 0.2) is 5.11 Å². The summed E-state index contributed by atoms with van der Waals surface area (Å²) in [5, 5.41) is 12.4. The molecule has 4 N–H and O–H groups in total. The van der Waals surface area contributed by atoms with Gasteiger partial charge in [-0.05, 0) is 43.3 Å². The number of nitrogens with one attached hydrogen (secondary N) is 1. The summed E-state index contributed by atoms with van der Waals surface area (Å²) in [6, 6.07) is 3.46. The monoisotopic (exact) mass is 196 g/mol. The van der Waals surface area contributed by atoms with Gasteiger partial charge in [0.1, 0.15) is 5.75 Å². The summed E-state index contributed by atoms with van der Waals surface area (Å²) in [5.74, 6) is 0.163. The number of rotatable bonds is 1. The van der Waals surface area contributed by atoms with Crippen molar-refractivity contribution in [1.29, 1.82) is 0 Å². The van der Waals surface area contributed by atoms with Crippen LogP contribution >= 0.6 is 12.2 Å². The van der Waals surface area contributed by atoms with E-state index in [1.54, 1.807) is 6.07 Å². The second-order valence-corrected chi connectivity index (χ2v) is 3.33. The molecule has 0 spiro atoms. The van der Waals surface area contributed by atoms with Crippen molar-refractivity contribution in [2.75, 3.05) is 5.32 Å². The molecular weight excluding hydrogens is 184 g/mol. The van der Waals surface area contributed by atoms with Crippen LogP contribution in [0.4, 0.5) is 5.69 Å². The second kappa shape index (κ2) is 3.62. The lowest BCUT2D eigenvalue weighted by Crippen LogP contribution is -2.19. The van der Waals surface area contributed by atoms with Crippen molar-refractivity contribution in [3.05, 3.63) is 23.3 Å². The first-order chi connectivity index (χ1) is 6.02. The van der Waals surface area contributed by atoms with E-state index in [4.69, 9.17) is 18.0 Å². The van der Waals surface area contributed by atoms with Gasteiger partial charge < -0.3 is 16.2 Å².